The number of rotatable bonds is 4. The number of alkyl halides is 3. The van der Waals surface area contributed by atoms with Gasteiger partial charge in [0, 0.05) is 32.2 Å². The van der Waals surface area contributed by atoms with Gasteiger partial charge >= 0.3 is 6.18 Å². The van der Waals surface area contributed by atoms with Crippen molar-refractivity contribution in [2.45, 2.75) is 26.1 Å². The molecule has 0 atom stereocenters. The molecule has 1 aliphatic rings. The van der Waals surface area contributed by atoms with Gasteiger partial charge in [-0.1, -0.05) is 0 Å². The zero-order valence-electron chi connectivity index (χ0n) is 10.8. The van der Waals surface area contributed by atoms with Crippen LogP contribution in [0, 0.1) is 0 Å². The van der Waals surface area contributed by atoms with E-state index in [0.29, 0.717) is 19.1 Å². The molecular weight excluding hydrogens is 247 g/mol. The summed E-state index contributed by atoms with van der Waals surface area (Å²) in [6.07, 6.45) is -4.27. The Morgan fingerprint density at radius 1 is 1.22 bits per heavy atom. The molecule has 1 rings (SSSR count). The molecule has 0 saturated carbocycles. The van der Waals surface area contributed by atoms with Crippen molar-refractivity contribution in [1.29, 1.82) is 0 Å². The van der Waals surface area contributed by atoms with E-state index in [4.69, 9.17) is 0 Å². The first-order valence-corrected chi connectivity index (χ1v) is 6.09. The second-order valence-electron chi connectivity index (χ2n) is 4.73. The second-order valence-corrected chi connectivity index (χ2v) is 4.73. The Balaban J connectivity index is 2.24. The number of amides is 1. The third-order valence-corrected chi connectivity index (χ3v) is 3.00. The molecule has 1 fully saturated rings. The van der Waals surface area contributed by atoms with Crippen LogP contribution < -0.4 is 5.32 Å². The highest BCUT2D eigenvalue weighted by Crippen LogP contribution is 2.12. The predicted molar refractivity (Wildman–Crippen MR) is 62.2 cm³/mol. The van der Waals surface area contributed by atoms with Crippen LogP contribution in [0.25, 0.3) is 0 Å². The van der Waals surface area contributed by atoms with Gasteiger partial charge in [0.25, 0.3) is 0 Å². The fourth-order valence-corrected chi connectivity index (χ4v) is 1.91. The average Bonchev–Trinajstić information content (AvgIpc) is 2.27. The molecule has 0 aromatic heterocycles. The molecule has 4 nitrogen and oxygen atoms in total. The van der Waals surface area contributed by atoms with Crippen LogP contribution in [0.15, 0.2) is 0 Å². The maximum atomic E-state index is 11.9. The van der Waals surface area contributed by atoms with Crippen LogP contribution in [-0.4, -0.2) is 67.2 Å². The van der Waals surface area contributed by atoms with Crippen LogP contribution >= 0.6 is 0 Å². The molecule has 1 saturated heterocycles. The molecule has 1 N–H and O–H groups in total. The van der Waals surface area contributed by atoms with Crippen LogP contribution in [0.5, 0.6) is 0 Å². The van der Waals surface area contributed by atoms with Crippen molar-refractivity contribution in [2.24, 2.45) is 0 Å². The molecule has 106 valence electrons. The van der Waals surface area contributed by atoms with Gasteiger partial charge in [-0.2, -0.15) is 13.2 Å². The third-order valence-electron chi connectivity index (χ3n) is 3.00. The SMILES string of the molecule is CC(C)N1CCN(C(=O)CNCC(F)(F)F)CC1. The first kappa shape index (κ1) is 15.2. The number of nitrogens with one attached hydrogen (secondary N) is 1. The molecule has 7 heteroatoms. The largest absolute Gasteiger partial charge is 0.401 e. The first-order valence-electron chi connectivity index (χ1n) is 6.09. The minimum absolute atomic E-state index is 0.249. The molecule has 0 bridgehead atoms. The van der Waals surface area contributed by atoms with E-state index in [1.807, 2.05) is 0 Å². The minimum Gasteiger partial charge on any atom is -0.339 e. The highest BCUT2D eigenvalue weighted by Gasteiger charge is 2.27. The van der Waals surface area contributed by atoms with Crippen LogP contribution in [0.3, 0.4) is 0 Å². The monoisotopic (exact) mass is 267 g/mol. The molecule has 0 spiro atoms. The molecule has 1 amide bonds. The predicted octanol–water partition coefficient (Wildman–Crippen LogP) is 0.691. The van der Waals surface area contributed by atoms with Gasteiger partial charge in [0.05, 0.1) is 13.1 Å². The highest BCUT2D eigenvalue weighted by molar-refractivity contribution is 5.78. The van der Waals surface area contributed by atoms with Gasteiger partial charge in [0.15, 0.2) is 0 Å². The van der Waals surface area contributed by atoms with Crippen molar-refractivity contribution < 1.29 is 18.0 Å². The summed E-state index contributed by atoms with van der Waals surface area (Å²) in [6, 6.07) is 0.436. The van der Waals surface area contributed by atoms with Crippen molar-refractivity contribution >= 4 is 5.91 Å². The van der Waals surface area contributed by atoms with Crippen molar-refractivity contribution in [3.8, 4) is 0 Å². The summed E-state index contributed by atoms with van der Waals surface area (Å²) in [5.74, 6) is -0.261. The molecule has 0 aliphatic carbocycles. The number of halogens is 3. The quantitative estimate of drug-likeness (QED) is 0.814. The van der Waals surface area contributed by atoms with Crippen molar-refractivity contribution in [2.75, 3.05) is 39.3 Å². The van der Waals surface area contributed by atoms with Crippen molar-refractivity contribution in [1.82, 2.24) is 15.1 Å². The van der Waals surface area contributed by atoms with Gasteiger partial charge in [0.2, 0.25) is 5.91 Å². The van der Waals surface area contributed by atoms with E-state index in [1.54, 1.807) is 4.90 Å². The lowest BCUT2D eigenvalue weighted by Crippen LogP contribution is -2.52. The zero-order chi connectivity index (χ0) is 13.8. The van der Waals surface area contributed by atoms with Crippen LogP contribution in [0.2, 0.25) is 0 Å². The summed E-state index contributed by atoms with van der Waals surface area (Å²) in [5.41, 5.74) is 0. The number of hydrogen-bond donors (Lipinski definition) is 1. The molecule has 1 aliphatic heterocycles. The molecule has 0 aromatic rings. The maximum absolute atomic E-state index is 11.9. The Bertz CT molecular complexity index is 273. The maximum Gasteiger partial charge on any atom is 0.401 e. The van der Waals surface area contributed by atoms with Gasteiger partial charge in [-0.15, -0.1) is 0 Å². The van der Waals surface area contributed by atoms with Crippen LogP contribution in [0.4, 0.5) is 13.2 Å². The fraction of sp³-hybridized carbons (Fsp3) is 0.909. The van der Waals surface area contributed by atoms with Crippen molar-refractivity contribution in [3.05, 3.63) is 0 Å². The van der Waals surface area contributed by atoms with Gasteiger partial charge < -0.3 is 10.2 Å². The number of carbonyl (C=O) groups is 1. The van der Waals surface area contributed by atoms with E-state index in [2.05, 4.69) is 24.1 Å². The lowest BCUT2D eigenvalue weighted by molar-refractivity contribution is -0.135. The van der Waals surface area contributed by atoms with Crippen LogP contribution in [-0.2, 0) is 4.79 Å². The standard InChI is InChI=1S/C11H20F3N3O/c1-9(2)16-3-5-17(6-4-16)10(18)7-15-8-11(12,13)14/h9,15H,3-8H2,1-2H3. The second kappa shape index (κ2) is 6.38. The summed E-state index contributed by atoms with van der Waals surface area (Å²) >= 11 is 0. The molecule has 0 radical (unpaired) electrons. The topological polar surface area (TPSA) is 35.6 Å². The number of carbonyl (C=O) groups excluding carboxylic acids is 1. The highest BCUT2D eigenvalue weighted by atomic mass is 19.4. The van der Waals surface area contributed by atoms with E-state index in [9.17, 15) is 18.0 Å². The third kappa shape index (κ3) is 5.22. The van der Waals surface area contributed by atoms with Crippen LogP contribution in [0.1, 0.15) is 13.8 Å². The normalized spacial score (nSPS) is 18.4. The van der Waals surface area contributed by atoms with Gasteiger partial charge in [-0.05, 0) is 13.8 Å². The van der Waals surface area contributed by atoms with Gasteiger partial charge in [-0.3, -0.25) is 9.69 Å². The Labute approximate surface area is 105 Å². The summed E-state index contributed by atoms with van der Waals surface area (Å²) in [6.45, 7) is 5.54. The van der Waals surface area contributed by atoms with E-state index in [-0.39, 0.29) is 12.5 Å². The number of nitrogens with zero attached hydrogens (tertiary/aromatic N) is 2. The zero-order valence-corrected chi connectivity index (χ0v) is 10.8. The smallest absolute Gasteiger partial charge is 0.339 e. The lowest BCUT2D eigenvalue weighted by atomic mass is 10.2. The van der Waals surface area contributed by atoms with E-state index in [0.717, 1.165) is 13.1 Å². The number of piperazine rings is 1. The van der Waals surface area contributed by atoms with Gasteiger partial charge in [-0.25, -0.2) is 0 Å². The molecule has 18 heavy (non-hydrogen) atoms. The molecule has 0 unspecified atom stereocenters. The Morgan fingerprint density at radius 2 is 1.78 bits per heavy atom. The summed E-state index contributed by atoms with van der Waals surface area (Å²) < 4.78 is 35.7. The van der Waals surface area contributed by atoms with E-state index >= 15 is 0 Å². The van der Waals surface area contributed by atoms with E-state index in [1.165, 1.54) is 0 Å². The summed E-state index contributed by atoms with van der Waals surface area (Å²) in [5, 5.41) is 2.13. The Morgan fingerprint density at radius 3 is 2.22 bits per heavy atom. The molecule has 1 heterocycles. The average molecular weight is 267 g/mol. The summed E-state index contributed by atoms with van der Waals surface area (Å²) in [7, 11) is 0. The summed E-state index contributed by atoms with van der Waals surface area (Å²) in [4.78, 5) is 15.5. The van der Waals surface area contributed by atoms with Gasteiger partial charge in [0.1, 0.15) is 0 Å². The van der Waals surface area contributed by atoms with Crippen molar-refractivity contribution in [3.63, 3.8) is 0 Å². The Hall–Kier alpha value is -0.820. The lowest BCUT2D eigenvalue weighted by Gasteiger charge is -2.37. The first-order chi connectivity index (χ1) is 8.29. The van der Waals surface area contributed by atoms with E-state index < -0.39 is 12.7 Å². The minimum atomic E-state index is -4.27. The molecular formula is C11H20F3N3O. The fourth-order valence-electron chi connectivity index (χ4n) is 1.91. The number of hydrogen-bond acceptors (Lipinski definition) is 3. The molecule has 0 aromatic carbocycles. The Kier molecular flexibility index (Phi) is 5.40.